The Morgan fingerprint density at radius 2 is 1.38 bits per heavy atom. The van der Waals surface area contributed by atoms with E-state index in [2.05, 4.69) is 10.2 Å². The Morgan fingerprint density at radius 1 is 0.793 bits per heavy atom. The lowest BCUT2D eigenvalue weighted by Crippen LogP contribution is -2.53. The predicted octanol–water partition coefficient (Wildman–Crippen LogP) is 1.27. The molecule has 2 fully saturated rings. The number of nitrogens with one attached hydrogen (secondary N) is 1. The molecule has 2 heterocycles. The van der Waals surface area contributed by atoms with Crippen molar-refractivity contribution in [2.24, 2.45) is 0 Å². The number of rotatable bonds is 5. The van der Waals surface area contributed by atoms with Gasteiger partial charge >= 0.3 is 0 Å². The van der Waals surface area contributed by atoms with E-state index >= 15 is 0 Å². The molecule has 0 aromatic heterocycles. The van der Waals surface area contributed by atoms with Crippen molar-refractivity contribution < 1.29 is 14.4 Å². The van der Waals surface area contributed by atoms with Gasteiger partial charge in [-0.25, -0.2) is 0 Å². The fraction of sp³-hybridized carbons (Fsp3) is 0.591. The van der Waals surface area contributed by atoms with Crippen molar-refractivity contribution in [1.29, 1.82) is 0 Å². The molecule has 7 nitrogen and oxygen atoms in total. The van der Waals surface area contributed by atoms with Crippen LogP contribution in [0.15, 0.2) is 24.3 Å². The monoisotopic (exact) mass is 400 g/mol. The average molecular weight is 401 g/mol. The van der Waals surface area contributed by atoms with Crippen molar-refractivity contribution in [2.45, 2.75) is 32.6 Å². The molecule has 29 heavy (non-hydrogen) atoms. The minimum Gasteiger partial charge on any atom is -0.343 e. The van der Waals surface area contributed by atoms with Gasteiger partial charge in [0.05, 0.1) is 13.1 Å². The van der Waals surface area contributed by atoms with Crippen LogP contribution in [0.5, 0.6) is 0 Å². The summed E-state index contributed by atoms with van der Waals surface area (Å²) >= 11 is 0. The van der Waals surface area contributed by atoms with E-state index in [1.165, 1.54) is 12.8 Å². The molecule has 1 N–H and O–H groups in total. The number of nitrogens with zero attached hydrogens (tertiary/aromatic N) is 3. The van der Waals surface area contributed by atoms with E-state index in [9.17, 15) is 14.4 Å². The van der Waals surface area contributed by atoms with Gasteiger partial charge in [-0.3, -0.25) is 19.3 Å². The highest BCUT2D eigenvalue weighted by Gasteiger charge is 2.24. The zero-order valence-electron chi connectivity index (χ0n) is 17.4. The molecule has 158 valence electrons. The van der Waals surface area contributed by atoms with Gasteiger partial charge in [-0.2, -0.15) is 0 Å². The van der Waals surface area contributed by atoms with E-state index in [-0.39, 0.29) is 24.3 Å². The smallest absolute Gasteiger partial charge is 0.251 e. The van der Waals surface area contributed by atoms with Crippen LogP contribution in [0.1, 0.15) is 41.6 Å². The summed E-state index contributed by atoms with van der Waals surface area (Å²) < 4.78 is 0. The van der Waals surface area contributed by atoms with Gasteiger partial charge in [-0.15, -0.1) is 0 Å². The molecular weight excluding hydrogens is 368 g/mol. The molecule has 0 spiro atoms. The molecule has 0 saturated carbocycles. The fourth-order valence-corrected chi connectivity index (χ4v) is 3.84. The number of carbonyl (C=O) groups excluding carboxylic acids is 3. The van der Waals surface area contributed by atoms with Crippen LogP contribution in [0.4, 0.5) is 0 Å². The molecular formula is C22H32N4O3. The van der Waals surface area contributed by atoms with E-state index in [4.69, 9.17) is 0 Å². The molecule has 1 aromatic carbocycles. The first-order chi connectivity index (χ1) is 14.0. The van der Waals surface area contributed by atoms with Crippen molar-refractivity contribution in [3.63, 3.8) is 0 Å². The van der Waals surface area contributed by atoms with Crippen molar-refractivity contribution in [3.8, 4) is 0 Å². The minimum absolute atomic E-state index is 0.000577. The zero-order chi connectivity index (χ0) is 20.6. The number of amides is 3. The number of hydrogen-bond acceptors (Lipinski definition) is 4. The number of piperazine rings is 1. The van der Waals surface area contributed by atoms with Gasteiger partial charge in [0, 0.05) is 44.8 Å². The standard InChI is InChI=1S/C22H32N4O3/c1-18-6-8-19(9-7-18)22(29)23-16-20(27)26-14-12-24(13-15-26)17-21(28)25-10-4-2-3-5-11-25/h6-9H,2-5,10-17H2,1H3,(H,23,29). The highest BCUT2D eigenvalue weighted by atomic mass is 16.2. The maximum absolute atomic E-state index is 12.5. The maximum atomic E-state index is 12.5. The van der Waals surface area contributed by atoms with Gasteiger partial charge in [0.2, 0.25) is 11.8 Å². The van der Waals surface area contributed by atoms with Gasteiger partial charge in [-0.05, 0) is 31.9 Å². The van der Waals surface area contributed by atoms with Crippen molar-refractivity contribution in [2.75, 3.05) is 52.4 Å². The summed E-state index contributed by atoms with van der Waals surface area (Å²) in [7, 11) is 0. The van der Waals surface area contributed by atoms with E-state index in [1.807, 2.05) is 24.0 Å². The van der Waals surface area contributed by atoms with E-state index in [1.54, 1.807) is 17.0 Å². The summed E-state index contributed by atoms with van der Waals surface area (Å²) in [5.41, 5.74) is 1.64. The van der Waals surface area contributed by atoms with Crippen molar-refractivity contribution in [1.82, 2.24) is 20.0 Å². The van der Waals surface area contributed by atoms with Crippen LogP contribution >= 0.6 is 0 Å². The van der Waals surface area contributed by atoms with Crippen molar-refractivity contribution in [3.05, 3.63) is 35.4 Å². The first kappa shape index (κ1) is 21.3. The van der Waals surface area contributed by atoms with Crippen LogP contribution in [0, 0.1) is 6.92 Å². The largest absolute Gasteiger partial charge is 0.343 e. The quantitative estimate of drug-likeness (QED) is 0.808. The molecule has 2 aliphatic rings. The second-order valence-corrected chi connectivity index (χ2v) is 8.00. The fourth-order valence-electron chi connectivity index (χ4n) is 3.84. The Bertz CT molecular complexity index is 703. The van der Waals surface area contributed by atoms with Crippen LogP contribution < -0.4 is 5.32 Å². The molecule has 0 unspecified atom stereocenters. The minimum atomic E-state index is -0.236. The summed E-state index contributed by atoms with van der Waals surface area (Å²) in [5, 5.41) is 2.70. The third-order valence-corrected chi connectivity index (χ3v) is 5.76. The van der Waals surface area contributed by atoms with Gasteiger partial charge in [0.25, 0.3) is 5.91 Å². The van der Waals surface area contributed by atoms with E-state index < -0.39 is 0 Å². The summed E-state index contributed by atoms with van der Waals surface area (Å²) in [6, 6.07) is 7.27. The molecule has 0 bridgehead atoms. The molecule has 0 aliphatic carbocycles. The third-order valence-electron chi connectivity index (χ3n) is 5.76. The zero-order valence-corrected chi connectivity index (χ0v) is 17.4. The lowest BCUT2D eigenvalue weighted by Gasteiger charge is -2.35. The normalized spacial score (nSPS) is 18.2. The topological polar surface area (TPSA) is 73.0 Å². The lowest BCUT2D eigenvalue weighted by atomic mass is 10.1. The SMILES string of the molecule is Cc1ccc(C(=O)NCC(=O)N2CCN(CC(=O)N3CCCCCC3)CC2)cc1. The summed E-state index contributed by atoms with van der Waals surface area (Å²) in [4.78, 5) is 43.0. The number of benzene rings is 1. The second-order valence-electron chi connectivity index (χ2n) is 8.00. The Kier molecular flexibility index (Phi) is 7.63. The molecule has 7 heteroatoms. The summed E-state index contributed by atoms with van der Waals surface area (Å²) in [5.74, 6) is -0.110. The van der Waals surface area contributed by atoms with Gasteiger partial charge in [-0.1, -0.05) is 30.5 Å². The third kappa shape index (κ3) is 6.29. The van der Waals surface area contributed by atoms with Crippen LogP contribution in [0.3, 0.4) is 0 Å². The molecule has 1 aromatic rings. The van der Waals surface area contributed by atoms with Gasteiger partial charge < -0.3 is 15.1 Å². The lowest BCUT2D eigenvalue weighted by molar-refractivity contribution is -0.134. The number of likely N-dealkylation sites (tertiary alicyclic amines) is 1. The number of aryl methyl sites for hydroxylation is 1. The summed E-state index contributed by atoms with van der Waals surface area (Å²) in [6.45, 7) is 6.71. The maximum Gasteiger partial charge on any atom is 0.251 e. The number of carbonyl (C=O) groups is 3. The highest BCUT2D eigenvalue weighted by molar-refractivity contribution is 5.96. The van der Waals surface area contributed by atoms with Gasteiger partial charge in [0.15, 0.2) is 0 Å². The van der Waals surface area contributed by atoms with Crippen LogP contribution in [0.2, 0.25) is 0 Å². The molecule has 2 saturated heterocycles. The second kappa shape index (κ2) is 10.4. The van der Waals surface area contributed by atoms with Crippen LogP contribution in [-0.2, 0) is 9.59 Å². The van der Waals surface area contributed by atoms with E-state index in [0.717, 1.165) is 31.5 Å². The molecule has 0 radical (unpaired) electrons. The highest BCUT2D eigenvalue weighted by Crippen LogP contribution is 2.11. The molecule has 2 aliphatic heterocycles. The van der Waals surface area contributed by atoms with Gasteiger partial charge in [0.1, 0.15) is 0 Å². The first-order valence-corrected chi connectivity index (χ1v) is 10.7. The summed E-state index contributed by atoms with van der Waals surface area (Å²) in [6.07, 6.45) is 4.63. The van der Waals surface area contributed by atoms with Crippen LogP contribution in [-0.4, -0.2) is 84.8 Å². The number of hydrogen-bond donors (Lipinski definition) is 1. The Balaban J connectivity index is 1.38. The molecule has 3 amide bonds. The molecule has 0 atom stereocenters. The first-order valence-electron chi connectivity index (χ1n) is 10.7. The Labute approximate surface area is 173 Å². The van der Waals surface area contributed by atoms with Crippen LogP contribution in [0.25, 0.3) is 0 Å². The van der Waals surface area contributed by atoms with E-state index in [0.29, 0.717) is 38.3 Å². The Morgan fingerprint density at radius 3 is 2.00 bits per heavy atom. The van der Waals surface area contributed by atoms with Crippen molar-refractivity contribution >= 4 is 17.7 Å². The average Bonchev–Trinajstić information content (AvgIpc) is 3.02. The predicted molar refractivity (Wildman–Crippen MR) is 112 cm³/mol. The Hall–Kier alpha value is -2.41. The molecule has 3 rings (SSSR count).